The number of benzene rings is 1. The molecule has 24 heavy (non-hydrogen) atoms. The molecule has 1 nitrogen and oxygen atoms in total. The van der Waals surface area contributed by atoms with Gasteiger partial charge in [0.25, 0.3) is 0 Å². The van der Waals surface area contributed by atoms with Gasteiger partial charge in [0, 0.05) is 6.42 Å². The monoisotopic (exact) mass is 338 g/mol. The molecule has 0 radical (unpaired) electrons. The van der Waals surface area contributed by atoms with Gasteiger partial charge in [0.2, 0.25) is 0 Å². The summed E-state index contributed by atoms with van der Waals surface area (Å²) in [5, 5.41) is 1.56. The van der Waals surface area contributed by atoms with Crippen LogP contribution in [0.3, 0.4) is 0 Å². The Hall–Kier alpha value is -1.41. The van der Waals surface area contributed by atoms with E-state index in [9.17, 15) is 4.79 Å². The molecular formula is C22H30OSi. The van der Waals surface area contributed by atoms with E-state index in [0.717, 1.165) is 6.42 Å². The van der Waals surface area contributed by atoms with E-state index in [2.05, 4.69) is 63.3 Å². The number of carbonyl (C=O) groups excluding carboxylic acids is 1. The molecular weight excluding hydrogens is 308 g/mol. The summed E-state index contributed by atoms with van der Waals surface area (Å²) < 4.78 is 0. The van der Waals surface area contributed by atoms with Crippen molar-refractivity contribution in [3.05, 3.63) is 53.6 Å². The van der Waals surface area contributed by atoms with Gasteiger partial charge < -0.3 is 0 Å². The van der Waals surface area contributed by atoms with Crippen molar-refractivity contribution in [2.24, 2.45) is 5.41 Å². The van der Waals surface area contributed by atoms with E-state index in [4.69, 9.17) is 0 Å². The molecule has 0 saturated heterocycles. The van der Waals surface area contributed by atoms with Gasteiger partial charge in [-0.3, -0.25) is 4.79 Å². The fourth-order valence-corrected chi connectivity index (χ4v) is 8.31. The van der Waals surface area contributed by atoms with Crippen LogP contribution in [0.1, 0.15) is 46.0 Å². The number of hydrogen-bond donors (Lipinski definition) is 0. The van der Waals surface area contributed by atoms with Gasteiger partial charge in [-0.05, 0) is 49.6 Å². The quantitative estimate of drug-likeness (QED) is 0.531. The fraction of sp³-hybridized carbons (Fsp3) is 0.500. The summed E-state index contributed by atoms with van der Waals surface area (Å²) in [6, 6.07) is 11.1. The predicted molar refractivity (Wildman–Crippen MR) is 105 cm³/mol. The lowest BCUT2D eigenvalue weighted by molar-refractivity contribution is -0.115. The molecule has 1 aromatic rings. The van der Waals surface area contributed by atoms with Crippen molar-refractivity contribution in [1.82, 2.24) is 0 Å². The van der Waals surface area contributed by atoms with Crippen LogP contribution in [0.2, 0.25) is 18.6 Å². The highest BCUT2D eigenvalue weighted by atomic mass is 28.3. The van der Waals surface area contributed by atoms with E-state index in [1.807, 2.05) is 0 Å². The first-order valence-corrected chi connectivity index (χ1v) is 12.4. The van der Waals surface area contributed by atoms with Gasteiger partial charge in [-0.1, -0.05) is 72.8 Å². The number of carbonyl (C=O) groups is 1. The number of ketones is 1. The molecule has 0 bridgehead atoms. The highest BCUT2D eigenvalue weighted by Gasteiger charge is 2.40. The van der Waals surface area contributed by atoms with Gasteiger partial charge in [0.15, 0.2) is 5.78 Å². The Labute approximate surface area is 147 Å². The highest BCUT2D eigenvalue weighted by molar-refractivity contribution is 6.91. The molecule has 0 heterocycles. The average molecular weight is 339 g/mol. The van der Waals surface area contributed by atoms with Crippen LogP contribution >= 0.6 is 0 Å². The summed E-state index contributed by atoms with van der Waals surface area (Å²) in [5.41, 5.74) is 4.00. The lowest BCUT2D eigenvalue weighted by Gasteiger charge is -2.41. The van der Waals surface area contributed by atoms with Gasteiger partial charge >= 0.3 is 0 Å². The minimum atomic E-state index is -1.57. The smallest absolute Gasteiger partial charge is 0.156 e. The molecule has 2 heteroatoms. The van der Waals surface area contributed by atoms with Gasteiger partial charge in [-0.25, -0.2) is 0 Å². The Morgan fingerprint density at radius 3 is 2.54 bits per heavy atom. The Kier molecular flexibility index (Phi) is 4.70. The SMILES string of the molecule is CC1=C(CC2(C)C=CC(=O)C2)C([Si](C)(C)c2ccccc2)CCC1. The lowest BCUT2D eigenvalue weighted by atomic mass is 9.78. The Balaban J connectivity index is 1.93. The first kappa shape index (κ1) is 17.4. The molecule has 0 spiro atoms. The average Bonchev–Trinajstić information content (AvgIpc) is 2.89. The van der Waals surface area contributed by atoms with Crippen molar-refractivity contribution in [3.8, 4) is 0 Å². The maximum atomic E-state index is 11.8. The molecule has 0 saturated carbocycles. The third-order valence-corrected chi connectivity index (χ3v) is 10.4. The number of rotatable bonds is 4. The van der Waals surface area contributed by atoms with E-state index in [1.54, 1.807) is 22.4 Å². The molecule has 0 amide bonds. The van der Waals surface area contributed by atoms with Crippen LogP contribution < -0.4 is 5.19 Å². The van der Waals surface area contributed by atoms with Crippen molar-refractivity contribution in [1.29, 1.82) is 0 Å². The molecule has 2 aliphatic carbocycles. The van der Waals surface area contributed by atoms with Crippen LogP contribution in [0.25, 0.3) is 0 Å². The minimum absolute atomic E-state index is 0.0322. The summed E-state index contributed by atoms with van der Waals surface area (Å²) in [4.78, 5) is 11.8. The number of allylic oxidation sites excluding steroid dienone is 4. The van der Waals surface area contributed by atoms with Gasteiger partial charge in [0.05, 0.1) is 8.07 Å². The molecule has 2 unspecified atom stereocenters. The van der Waals surface area contributed by atoms with Gasteiger partial charge in [-0.15, -0.1) is 0 Å². The minimum Gasteiger partial charge on any atom is -0.295 e. The Morgan fingerprint density at radius 1 is 1.21 bits per heavy atom. The maximum absolute atomic E-state index is 11.8. The van der Waals surface area contributed by atoms with Gasteiger partial charge in [0.1, 0.15) is 0 Å². The van der Waals surface area contributed by atoms with Crippen molar-refractivity contribution >= 4 is 19.0 Å². The fourth-order valence-electron chi connectivity index (χ4n) is 4.71. The Morgan fingerprint density at radius 2 is 1.92 bits per heavy atom. The molecule has 0 N–H and O–H groups in total. The summed E-state index contributed by atoms with van der Waals surface area (Å²) in [6.45, 7) is 9.66. The topological polar surface area (TPSA) is 17.1 Å². The van der Waals surface area contributed by atoms with Gasteiger partial charge in [-0.2, -0.15) is 0 Å². The zero-order valence-electron chi connectivity index (χ0n) is 15.6. The normalized spacial score (nSPS) is 27.8. The molecule has 128 valence electrons. The molecule has 2 atom stereocenters. The van der Waals surface area contributed by atoms with E-state index in [0.29, 0.717) is 17.7 Å². The standard InChI is InChI=1S/C22H30OSi/c1-17-9-8-12-21(24(3,4)19-10-6-5-7-11-19)20(17)16-22(2)14-13-18(23)15-22/h5-7,10-11,13-14,21H,8-9,12,15-16H2,1-4H3. The Bertz CT molecular complexity index is 683. The van der Waals surface area contributed by atoms with Crippen molar-refractivity contribution < 1.29 is 4.79 Å². The molecule has 0 aromatic heterocycles. The van der Waals surface area contributed by atoms with Crippen molar-refractivity contribution in [2.45, 2.75) is 64.6 Å². The third kappa shape index (κ3) is 3.35. The van der Waals surface area contributed by atoms with Crippen molar-refractivity contribution in [3.63, 3.8) is 0 Å². The summed E-state index contributed by atoms with van der Waals surface area (Å²) >= 11 is 0. The van der Waals surface area contributed by atoms with Crippen LogP contribution in [0.4, 0.5) is 0 Å². The molecule has 0 aliphatic heterocycles. The molecule has 0 fully saturated rings. The zero-order valence-corrected chi connectivity index (χ0v) is 16.6. The van der Waals surface area contributed by atoms with Crippen LogP contribution in [0.15, 0.2) is 53.6 Å². The molecule has 2 aliphatic rings. The van der Waals surface area contributed by atoms with E-state index < -0.39 is 8.07 Å². The van der Waals surface area contributed by atoms with E-state index in [-0.39, 0.29) is 5.41 Å². The second-order valence-electron chi connectivity index (χ2n) is 8.65. The summed E-state index contributed by atoms with van der Waals surface area (Å²) in [5.74, 6) is 0.294. The van der Waals surface area contributed by atoms with Crippen LogP contribution in [0.5, 0.6) is 0 Å². The highest BCUT2D eigenvalue weighted by Crippen LogP contribution is 2.48. The first-order chi connectivity index (χ1) is 11.3. The summed E-state index contributed by atoms with van der Waals surface area (Å²) in [7, 11) is -1.57. The number of hydrogen-bond acceptors (Lipinski definition) is 1. The van der Waals surface area contributed by atoms with E-state index in [1.165, 1.54) is 19.3 Å². The maximum Gasteiger partial charge on any atom is 0.156 e. The van der Waals surface area contributed by atoms with Crippen LogP contribution in [-0.4, -0.2) is 13.9 Å². The zero-order chi connectivity index (χ0) is 17.4. The molecule has 3 rings (SSSR count). The lowest BCUT2D eigenvalue weighted by Crippen LogP contribution is -2.47. The van der Waals surface area contributed by atoms with E-state index >= 15 is 0 Å². The second kappa shape index (κ2) is 6.48. The molecule has 1 aromatic carbocycles. The summed E-state index contributed by atoms with van der Waals surface area (Å²) in [6.07, 6.45) is 9.58. The predicted octanol–water partition coefficient (Wildman–Crippen LogP) is 5.40. The van der Waals surface area contributed by atoms with Crippen LogP contribution in [0, 0.1) is 5.41 Å². The largest absolute Gasteiger partial charge is 0.295 e. The second-order valence-corrected chi connectivity index (χ2v) is 13.4. The third-order valence-electron chi connectivity index (χ3n) is 6.25. The van der Waals surface area contributed by atoms with Crippen LogP contribution in [-0.2, 0) is 4.79 Å². The van der Waals surface area contributed by atoms with Crippen molar-refractivity contribution in [2.75, 3.05) is 0 Å². The first-order valence-electron chi connectivity index (χ1n) is 9.28.